The van der Waals surface area contributed by atoms with Gasteiger partial charge >= 0.3 is 0 Å². The summed E-state index contributed by atoms with van der Waals surface area (Å²) in [5.41, 5.74) is 2.76. The lowest BCUT2D eigenvalue weighted by atomic mass is 10.0. The first-order valence-corrected chi connectivity index (χ1v) is 11.2. The molecule has 134 valence electrons. The van der Waals surface area contributed by atoms with Crippen molar-refractivity contribution in [2.24, 2.45) is 0 Å². The lowest BCUT2D eigenvalue weighted by Gasteiger charge is -2.31. The van der Waals surface area contributed by atoms with E-state index in [1.165, 1.54) is 4.31 Å². The maximum Gasteiger partial charge on any atom is 0.264 e. The Bertz CT molecular complexity index is 997. The van der Waals surface area contributed by atoms with Gasteiger partial charge in [0.25, 0.3) is 10.0 Å². The molecule has 0 bridgehead atoms. The molecule has 0 saturated carbocycles. The molecule has 2 aromatic carbocycles. The highest BCUT2D eigenvalue weighted by atomic mass is 32.2. The molecule has 1 aliphatic heterocycles. The SMILES string of the molecule is Cc1ccc(S(=O)(=O)N2CCCc3ccc(NS(C)(=O)=O)cc32)cc1. The zero-order valence-electron chi connectivity index (χ0n) is 14.1. The Morgan fingerprint density at radius 3 is 2.32 bits per heavy atom. The van der Waals surface area contributed by atoms with Gasteiger partial charge in [0.05, 0.1) is 22.5 Å². The Kier molecular flexibility index (Phi) is 4.51. The van der Waals surface area contributed by atoms with E-state index < -0.39 is 20.0 Å². The van der Waals surface area contributed by atoms with Crippen molar-refractivity contribution in [3.63, 3.8) is 0 Å². The van der Waals surface area contributed by atoms with Gasteiger partial charge in [-0.2, -0.15) is 0 Å². The van der Waals surface area contributed by atoms with Crippen LogP contribution in [0.4, 0.5) is 11.4 Å². The maximum atomic E-state index is 13.0. The minimum atomic E-state index is -3.70. The van der Waals surface area contributed by atoms with Gasteiger partial charge in [-0.25, -0.2) is 16.8 Å². The summed E-state index contributed by atoms with van der Waals surface area (Å²) in [4.78, 5) is 0.229. The number of fused-ring (bicyclic) bond motifs is 1. The highest BCUT2D eigenvalue weighted by Crippen LogP contribution is 2.34. The number of benzene rings is 2. The number of rotatable bonds is 4. The highest BCUT2D eigenvalue weighted by Gasteiger charge is 2.29. The zero-order chi connectivity index (χ0) is 18.2. The van der Waals surface area contributed by atoms with Crippen molar-refractivity contribution in [3.05, 3.63) is 53.6 Å². The third kappa shape index (κ3) is 3.80. The van der Waals surface area contributed by atoms with Crippen molar-refractivity contribution in [2.45, 2.75) is 24.7 Å². The van der Waals surface area contributed by atoms with Crippen LogP contribution < -0.4 is 9.03 Å². The minimum absolute atomic E-state index is 0.229. The summed E-state index contributed by atoms with van der Waals surface area (Å²) < 4.78 is 52.8. The number of aryl methyl sites for hydroxylation is 2. The number of hydrogen-bond acceptors (Lipinski definition) is 4. The van der Waals surface area contributed by atoms with Crippen molar-refractivity contribution in [1.29, 1.82) is 0 Å². The van der Waals surface area contributed by atoms with Crippen LogP contribution in [0.3, 0.4) is 0 Å². The van der Waals surface area contributed by atoms with Gasteiger partial charge in [-0.05, 0) is 49.6 Å². The first-order valence-electron chi connectivity index (χ1n) is 7.87. The summed E-state index contributed by atoms with van der Waals surface area (Å²) in [6.45, 7) is 2.27. The van der Waals surface area contributed by atoms with E-state index in [1.807, 2.05) is 6.92 Å². The van der Waals surface area contributed by atoms with Crippen molar-refractivity contribution in [3.8, 4) is 0 Å². The molecular formula is C17H20N2O4S2. The third-order valence-electron chi connectivity index (χ3n) is 4.07. The zero-order valence-corrected chi connectivity index (χ0v) is 15.7. The average molecular weight is 380 g/mol. The second kappa shape index (κ2) is 6.34. The number of anilines is 2. The lowest BCUT2D eigenvalue weighted by Crippen LogP contribution is -2.35. The van der Waals surface area contributed by atoms with Crippen molar-refractivity contribution >= 4 is 31.4 Å². The summed E-state index contributed by atoms with van der Waals surface area (Å²) in [6, 6.07) is 11.7. The smallest absolute Gasteiger partial charge is 0.264 e. The molecule has 0 unspecified atom stereocenters. The van der Waals surface area contributed by atoms with Crippen LogP contribution in [0.25, 0.3) is 0 Å². The molecule has 1 aliphatic rings. The molecule has 6 nitrogen and oxygen atoms in total. The summed E-state index contributed by atoms with van der Waals surface area (Å²) in [5.74, 6) is 0. The monoisotopic (exact) mass is 380 g/mol. The summed E-state index contributed by atoms with van der Waals surface area (Å²) in [6.07, 6.45) is 2.54. The van der Waals surface area contributed by atoms with Crippen LogP contribution in [0.1, 0.15) is 17.5 Å². The highest BCUT2D eigenvalue weighted by molar-refractivity contribution is 7.93. The van der Waals surface area contributed by atoms with E-state index in [1.54, 1.807) is 42.5 Å². The lowest BCUT2D eigenvalue weighted by molar-refractivity contribution is 0.586. The van der Waals surface area contributed by atoms with Gasteiger partial charge < -0.3 is 0 Å². The van der Waals surface area contributed by atoms with Crippen LogP contribution in [0.2, 0.25) is 0 Å². The van der Waals surface area contributed by atoms with E-state index in [0.717, 1.165) is 30.2 Å². The number of nitrogens with one attached hydrogen (secondary N) is 1. The molecule has 3 rings (SSSR count). The Labute approximate surface area is 148 Å². The van der Waals surface area contributed by atoms with Crippen molar-refractivity contribution < 1.29 is 16.8 Å². The Morgan fingerprint density at radius 2 is 1.68 bits per heavy atom. The predicted octanol–water partition coefficient (Wildman–Crippen LogP) is 2.51. The van der Waals surface area contributed by atoms with E-state index in [4.69, 9.17) is 0 Å². The quantitative estimate of drug-likeness (QED) is 0.883. The van der Waals surface area contributed by atoms with E-state index in [2.05, 4.69) is 4.72 Å². The van der Waals surface area contributed by atoms with Crippen molar-refractivity contribution in [2.75, 3.05) is 21.8 Å². The van der Waals surface area contributed by atoms with Gasteiger partial charge in [0.1, 0.15) is 0 Å². The van der Waals surface area contributed by atoms with Gasteiger partial charge in [0.15, 0.2) is 0 Å². The molecule has 0 aromatic heterocycles. The Hall–Kier alpha value is -2.06. The number of hydrogen-bond donors (Lipinski definition) is 1. The molecule has 2 aromatic rings. The molecule has 0 atom stereocenters. The van der Waals surface area contributed by atoms with E-state index in [-0.39, 0.29) is 4.90 Å². The molecule has 0 aliphatic carbocycles. The topological polar surface area (TPSA) is 83.6 Å². The molecule has 0 saturated heterocycles. The van der Waals surface area contributed by atoms with E-state index in [9.17, 15) is 16.8 Å². The van der Waals surface area contributed by atoms with E-state index >= 15 is 0 Å². The average Bonchev–Trinajstić information content (AvgIpc) is 2.53. The van der Waals surface area contributed by atoms with Crippen LogP contribution in [-0.2, 0) is 26.5 Å². The normalized spacial score (nSPS) is 14.9. The van der Waals surface area contributed by atoms with Gasteiger partial charge in [-0.3, -0.25) is 9.03 Å². The first kappa shape index (κ1) is 17.8. The molecule has 1 N–H and O–H groups in total. The fraction of sp³-hybridized carbons (Fsp3) is 0.294. The van der Waals surface area contributed by atoms with E-state index in [0.29, 0.717) is 17.9 Å². The standard InChI is InChI=1S/C17H20N2O4S2/c1-13-5-9-16(10-6-13)25(22,23)19-11-3-4-14-7-8-15(12-17(14)19)18-24(2,20)21/h5-10,12,18H,3-4,11H2,1-2H3. The largest absolute Gasteiger partial charge is 0.284 e. The molecular weight excluding hydrogens is 360 g/mol. The molecule has 25 heavy (non-hydrogen) atoms. The van der Waals surface area contributed by atoms with Gasteiger partial charge in [0, 0.05) is 6.54 Å². The minimum Gasteiger partial charge on any atom is -0.284 e. The van der Waals surface area contributed by atoms with Gasteiger partial charge in [-0.15, -0.1) is 0 Å². The number of nitrogens with zero attached hydrogens (tertiary/aromatic N) is 1. The fourth-order valence-electron chi connectivity index (χ4n) is 2.91. The fourth-order valence-corrected chi connectivity index (χ4v) is 4.99. The molecule has 0 amide bonds. The molecule has 0 fully saturated rings. The Balaban J connectivity index is 2.05. The van der Waals surface area contributed by atoms with Crippen LogP contribution in [0, 0.1) is 6.92 Å². The summed E-state index contributed by atoms with van der Waals surface area (Å²) in [5, 5.41) is 0. The second-order valence-corrected chi connectivity index (χ2v) is 9.82. The molecule has 1 heterocycles. The molecule has 0 spiro atoms. The van der Waals surface area contributed by atoms with Crippen molar-refractivity contribution in [1.82, 2.24) is 0 Å². The predicted molar refractivity (Wildman–Crippen MR) is 98.9 cm³/mol. The third-order valence-corrected chi connectivity index (χ3v) is 6.51. The number of sulfonamides is 2. The molecule has 8 heteroatoms. The van der Waals surface area contributed by atoms with Crippen LogP contribution >= 0.6 is 0 Å². The van der Waals surface area contributed by atoms with Crippen LogP contribution in [0.5, 0.6) is 0 Å². The van der Waals surface area contributed by atoms with Gasteiger partial charge in [0.2, 0.25) is 10.0 Å². The summed E-state index contributed by atoms with van der Waals surface area (Å²) >= 11 is 0. The first-order chi connectivity index (χ1) is 11.7. The van der Waals surface area contributed by atoms with Crippen LogP contribution in [0.15, 0.2) is 47.4 Å². The molecule has 0 radical (unpaired) electrons. The van der Waals surface area contributed by atoms with Gasteiger partial charge in [-0.1, -0.05) is 23.8 Å². The maximum absolute atomic E-state index is 13.0. The second-order valence-electron chi connectivity index (χ2n) is 6.21. The summed E-state index contributed by atoms with van der Waals surface area (Å²) in [7, 11) is -7.13. The van der Waals surface area contributed by atoms with Crippen LogP contribution in [-0.4, -0.2) is 29.6 Å². The Morgan fingerprint density at radius 1 is 1.00 bits per heavy atom.